The number of aromatic nitrogens is 1. The van der Waals surface area contributed by atoms with E-state index in [0.29, 0.717) is 25.3 Å². The predicted molar refractivity (Wildman–Crippen MR) is 89.8 cm³/mol. The normalized spacial score (nSPS) is 20.3. The fourth-order valence-corrected chi connectivity index (χ4v) is 3.68. The summed E-state index contributed by atoms with van der Waals surface area (Å²) in [5, 5.41) is 5.03. The smallest absolute Gasteiger partial charge is 0.236 e. The van der Waals surface area contributed by atoms with E-state index in [9.17, 15) is 9.18 Å². The lowest BCUT2D eigenvalue weighted by Gasteiger charge is -2.34. The Hall–Kier alpha value is -1.99. The number of rotatable bonds is 3. The first-order chi connectivity index (χ1) is 12.2. The van der Waals surface area contributed by atoms with E-state index in [4.69, 9.17) is 9.26 Å². The van der Waals surface area contributed by atoms with E-state index in [-0.39, 0.29) is 17.6 Å². The number of nitrogens with zero attached hydrogens (tertiary/aromatic N) is 3. The number of benzene rings is 1. The quantitative estimate of drug-likeness (QED) is 0.850. The fraction of sp³-hybridized carbons (Fsp3) is 0.556. The van der Waals surface area contributed by atoms with Crippen molar-refractivity contribution in [2.24, 2.45) is 0 Å². The Morgan fingerprint density at radius 2 is 1.96 bits per heavy atom. The number of fused-ring (bicyclic) bond motifs is 1. The lowest BCUT2D eigenvalue weighted by Crippen LogP contribution is -2.46. The Morgan fingerprint density at radius 3 is 2.72 bits per heavy atom. The molecule has 0 spiro atoms. The van der Waals surface area contributed by atoms with Gasteiger partial charge in [0.2, 0.25) is 5.91 Å². The van der Waals surface area contributed by atoms with Crippen molar-refractivity contribution in [2.75, 3.05) is 45.9 Å². The minimum atomic E-state index is -0.321. The van der Waals surface area contributed by atoms with Crippen molar-refractivity contribution < 1.29 is 18.4 Å². The maximum Gasteiger partial charge on any atom is 0.236 e. The second-order valence-corrected chi connectivity index (χ2v) is 6.75. The zero-order chi connectivity index (χ0) is 17.2. The summed E-state index contributed by atoms with van der Waals surface area (Å²) in [5.74, 6) is 0.116. The van der Waals surface area contributed by atoms with Gasteiger partial charge in [0.25, 0.3) is 0 Å². The van der Waals surface area contributed by atoms with Crippen molar-refractivity contribution in [3.05, 3.63) is 29.7 Å². The first-order valence-corrected chi connectivity index (χ1v) is 8.83. The molecule has 0 atom stereocenters. The molecule has 0 radical (unpaired) electrons. The summed E-state index contributed by atoms with van der Waals surface area (Å²) in [5.41, 5.74) is 1.37. The van der Waals surface area contributed by atoms with Crippen LogP contribution in [-0.4, -0.2) is 66.8 Å². The third-order valence-electron chi connectivity index (χ3n) is 5.16. The molecule has 0 unspecified atom stereocenters. The van der Waals surface area contributed by atoms with Crippen molar-refractivity contribution in [3.8, 4) is 0 Å². The van der Waals surface area contributed by atoms with E-state index in [1.54, 1.807) is 6.07 Å². The molecule has 4 rings (SSSR count). The van der Waals surface area contributed by atoms with Gasteiger partial charge in [-0.05, 0) is 25.0 Å². The van der Waals surface area contributed by atoms with Gasteiger partial charge in [-0.25, -0.2) is 4.39 Å². The zero-order valence-corrected chi connectivity index (χ0v) is 14.1. The van der Waals surface area contributed by atoms with Crippen molar-refractivity contribution in [1.82, 2.24) is 15.0 Å². The number of likely N-dealkylation sites (tertiary alicyclic amines) is 1. The van der Waals surface area contributed by atoms with E-state index >= 15 is 0 Å². The molecule has 2 saturated heterocycles. The third kappa shape index (κ3) is 3.52. The van der Waals surface area contributed by atoms with E-state index in [1.807, 2.05) is 4.90 Å². The minimum absolute atomic E-state index is 0.187. The summed E-state index contributed by atoms with van der Waals surface area (Å²) < 4.78 is 23.9. The fourth-order valence-electron chi connectivity index (χ4n) is 3.68. The van der Waals surface area contributed by atoms with E-state index in [0.717, 1.165) is 50.1 Å². The number of piperidine rings is 1. The van der Waals surface area contributed by atoms with Gasteiger partial charge in [0.05, 0.1) is 25.5 Å². The van der Waals surface area contributed by atoms with Crippen LogP contribution in [-0.2, 0) is 9.53 Å². The molecule has 0 saturated carbocycles. The van der Waals surface area contributed by atoms with Crippen molar-refractivity contribution in [1.29, 1.82) is 0 Å². The Kier molecular flexibility index (Phi) is 4.67. The van der Waals surface area contributed by atoms with Crippen LogP contribution in [0.5, 0.6) is 0 Å². The number of halogens is 1. The molecule has 2 fully saturated rings. The van der Waals surface area contributed by atoms with Gasteiger partial charge in [-0.15, -0.1) is 0 Å². The number of amides is 1. The molecule has 2 aliphatic heterocycles. The lowest BCUT2D eigenvalue weighted by molar-refractivity contribution is -0.134. The highest BCUT2D eigenvalue weighted by Gasteiger charge is 2.28. The average molecular weight is 347 g/mol. The number of morpholine rings is 1. The van der Waals surface area contributed by atoms with Gasteiger partial charge in [-0.2, -0.15) is 0 Å². The van der Waals surface area contributed by atoms with Gasteiger partial charge >= 0.3 is 0 Å². The van der Waals surface area contributed by atoms with Crippen LogP contribution in [0.25, 0.3) is 11.0 Å². The van der Waals surface area contributed by atoms with Gasteiger partial charge in [-0.1, -0.05) is 5.16 Å². The van der Waals surface area contributed by atoms with Crippen LogP contribution >= 0.6 is 0 Å². The second kappa shape index (κ2) is 7.09. The molecule has 6 nitrogen and oxygen atoms in total. The van der Waals surface area contributed by atoms with Gasteiger partial charge in [0.15, 0.2) is 5.58 Å². The molecule has 0 aliphatic carbocycles. The SMILES string of the molecule is O=C(CN1CCOCC1)N1CCC(c2noc3cc(F)ccc23)CC1. The van der Waals surface area contributed by atoms with Crippen LogP contribution in [0.3, 0.4) is 0 Å². The first-order valence-electron chi connectivity index (χ1n) is 8.83. The van der Waals surface area contributed by atoms with E-state index in [2.05, 4.69) is 10.1 Å². The molecule has 2 aromatic rings. The molecular formula is C18H22FN3O3. The monoisotopic (exact) mass is 347 g/mol. The number of hydrogen-bond donors (Lipinski definition) is 0. The highest BCUT2D eigenvalue weighted by molar-refractivity contribution is 5.80. The van der Waals surface area contributed by atoms with Crippen LogP contribution in [0, 0.1) is 5.82 Å². The van der Waals surface area contributed by atoms with Gasteiger partial charge in [0, 0.05) is 43.5 Å². The molecule has 2 aliphatic rings. The summed E-state index contributed by atoms with van der Waals surface area (Å²) >= 11 is 0. The molecule has 0 bridgehead atoms. The van der Waals surface area contributed by atoms with Crippen LogP contribution < -0.4 is 0 Å². The van der Waals surface area contributed by atoms with Gasteiger partial charge < -0.3 is 14.2 Å². The average Bonchev–Trinajstić information content (AvgIpc) is 3.05. The summed E-state index contributed by atoms with van der Waals surface area (Å²) in [6, 6.07) is 4.53. The topological polar surface area (TPSA) is 58.8 Å². The summed E-state index contributed by atoms with van der Waals surface area (Å²) in [4.78, 5) is 16.6. The standard InChI is InChI=1S/C18H22FN3O3/c19-14-1-2-15-16(11-14)25-20-18(15)13-3-5-22(6-4-13)17(23)12-21-7-9-24-10-8-21/h1-2,11,13H,3-10,12H2. The highest BCUT2D eigenvalue weighted by Crippen LogP contribution is 2.32. The maximum atomic E-state index is 13.3. The third-order valence-corrected chi connectivity index (χ3v) is 5.16. The van der Waals surface area contributed by atoms with Crippen LogP contribution in [0.1, 0.15) is 24.5 Å². The minimum Gasteiger partial charge on any atom is -0.379 e. The second-order valence-electron chi connectivity index (χ2n) is 6.75. The van der Waals surface area contributed by atoms with Crippen molar-refractivity contribution in [2.45, 2.75) is 18.8 Å². The molecular weight excluding hydrogens is 325 g/mol. The molecule has 0 N–H and O–H groups in total. The number of hydrogen-bond acceptors (Lipinski definition) is 5. The number of carbonyl (C=O) groups excluding carboxylic acids is 1. The van der Waals surface area contributed by atoms with Crippen LogP contribution in [0.2, 0.25) is 0 Å². The molecule has 1 aromatic carbocycles. The Bertz CT molecular complexity index is 749. The molecule has 25 heavy (non-hydrogen) atoms. The van der Waals surface area contributed by atoms with Crippen molar-refractivity contribution in [3.63, 3.8) is 0 Å². The van der Waals surface area contributed by atoms with Gasteiger partial charge in [-0.3, -0.25) is 9.69 Å². The number of carbonyl (C=O) groups is 1. The molecule has 134 valence electrons. The predicted octanol–water partition coefficient (Wildman–Crippen LogP) is 2.01. The largest absolute Gasteiger partial charge is 0.379 e. The number of ether oxygens (including phenoxy) is 1. The Labute approximate surface area is 145 Å². The van der Waals surface area contributed by atoms with Gasteiger partial charge in [0.1, 0.15) is 5.82 Å². The molecule has 1 aromatic heterocycles. The Balaban J connectivity index is 1.36. The summed E-state index contributed by atoms with van der Waals surface area (Å²) in [7, 11) is 0. The lowest BCUT2D eigenvalue weighted by atomic mass is 9.91. The maximum absolute atomic E-state index is 13.3. The Morgan fingerprint density at radius 1 is 1.20 bits per heavy atom. The molecule has 7 heteroatoms. The molecule has 1 amide bonds. The highest BCUT2D eigenvalue weighted by atomic mass is 19.1. The van der Waals surface area contributed by atoms with Crippen LogP contribution in [0.4, 0.5) is 4.39 Å². The zero-order valence-electron chi connectivity index (χ0n) is 14.1. The molecule has 3 heterocycles. The van der Waals surface area contributed by atoms with E-state index < -0.39 is 0 Å². The van der Waals surface area contributed by atoms with Crippen LogP contribution in [0.15, 0.2) is 22.7 Å². The summed E-state index contributed by atoms with van der Waals surface area (Å²) in [6.07, 6.45) is 1.71. The van der Waals surface area contributed by atoms with E-state index in [1.165, 1.54) is 12.1 Å². The summed E-state index contributed by atoms with van der Waals surface area (Å²) in [6.45, 7) is 4.98. The van der Waals surface area contributed by atoms with Crippen molar-refractivity contribution >= 4 is 16.9 Å². The first kappa shape index (κ1) is 16.5.